The standard InChI is InChI=1S/C12H19N3O2/c13-7-3-1-6-11(12(16)17)15-9-10-5-2-4-8-14-10/h2,4-5,8,11,15H,1,3,6-7,9,13H2,(H,16,17). The minimum Gasteiger partial charge on any atom is -0.480 e. The number of nitrogens with zero attached hydrogens (tertiary/aromatic N) is 1. The number of carbonyl (C=O) groups is 1. The molecule has 0 fully saturated rings. The summed E-state index contributed by atoms with van der Waals surface area (Å²) in [6.07, 6.45) is 3.97. The van der Waals surface area contributed by atoms with Crippen molar-refractivity contribution in [3.05, 3.63) is 30.1 Å². The lowest BCUT2D eigenvalue weighted by Gasteiger charge is -2.13. The van der Waals surface area contributed by atoms with Crippen molar-refractivity contribution in [1.29, 1.82) is 0 Å². The SMILES string of the molecule is NCCCCC(NCc1ccccn1)C(=O)O. The van der Waals surface area contributed by atoms with Gasteiger partial charge in [0.25, 0.3) is 0 Å². The molecule has 4 N–H and O–H groups in total. The number of nitrogens with one attached hydrogen (secondary N) is 1. The highest BCUT2D eigenvalue weighted by molar-refractivity contribution is 5.73. The summed E-state index contributed by atoms with van der Waals surface area (Å²) in [7, 11) is 0. The molecule has 0 spiro atoms. The van der Waals surface area contributed by atoms with Crippen molar-refractivity contribution in [2.24, 2.45) is 5.73 Å². The zero-order chi connectivity index (χ0) is 12.5. The van der Waals surface area contributed by atoms with E-state index in [1.807, 2.05) is 18.2 Å². The van der Waals surface area contributed by atoms with Gasteiger partial charge < -0.3 is 10.8 Å². The van der Waals surface area contributed by atoms with Crippen LogP contribution in [0.25, 0.3) is 0 Å². The molecule has 0 aliphatic heterocycles. The lowest BCUT2D eigenvalue weighted by molar-refractivity contribution is -0.139. The van der Waals surface area contributed by atoms with Crippen LogP contribution >= 0.6 is 0 Å². The van der Waals surface area contributed by atoms with Crippen molar-refractivity contribution in [3.63, 3.8) is 0 Å². The van der Waals surface area contributed by atoms with Crippen molar-refractivity contribution in [3.8, 4) is 0 Å². The largest absolute Gasteiger partial charge is 0.480 e. The first-order valence-corrected chi connectivity index (χ1v) is 5.80. The third-order valence-electron chi connectivity index (χ3n) is 2.50. The van der Waals surface area contributed by atoms with Crippen LogP contribution in [-0.4, -0.2) is 28.6 Å². The quantitative estimate of drug-likeness (QED) is 0.581. The molecule has 5 nitrogen and oxygen atoms in total. The van der Waals surface area contributed by atoms with E-state index < -0.39 is 12.0 Å². The summed E-state index contributed by atoms with van der Waals surface area (Å²) in [4.78, 5) is 15.1. The number of hydrogen-bond donors (Lipinski definition) is 3. The van der Waals surface area contributed by atoms with E-state index in [4.69, 9.17) is 10.8 Å². The highest BCUT2D eigenvalue weighted by Gasteiger charge is 2.15. The van der Waals surface area contributed by atoms with Crippen LogP contribution in [0.15, 0.2) is 24.4 Å². The van der Waals surface area contributed by atoms with Crippen LogP contribution in [0.1, 0.15) is 25.0 Å². The average Bonchev–Trinajstić information content (AvgIpc) is 2.34. The molecule has 0 aromatic carbocycles. The van der Waals surface area contributed by atoms with Crippen LogP contribution in [0, 0.1) is 0 Å². The molecule has 0 radical (unpaired) electrons. The molecule has 1 heterocycles. The summed E-state index contributed by atoms with van der Waals surface area (Å²) in [5.74, 6) is -0.821. The van der Waals surface area contributed by atoms with Crippen molar-refractivity contribution in [2.75, 3.05) is 6.54 Å². The number of aromatic nitrogens is 1. The first-order chi connectivity index (χ1) is 8.24. The first-order valence-electron chi connectivity index (χ1n) is 5.80. The van der Waals surface area contributed by atoms with Gasteiger partial charge >= 0.3 is 5.97 Å². The van der Waals surface area contributed by atoms with Gasteiger partial charge in [0.05, 0.1) is 5.69 Å². The van der Waals surface area contributed by atoms with Crippen LogP contribution in [0.4, 0.5) is 0 Å². The normalized spacial score (nSPS) is 12.3. The second kappa shape index (κ2) is 7.76. The lowest BCUT2D eigenvalue weighted by atomic mass is 10.1. The number of pyridine rings is 1. The number of carboxylic acids is 1. The van der Waals surface area contributed by atoms with Crippen molar-refractivity contribution in [2.45, 2.75) is 31.8 Å². The van der Waals surface area contributed by atoms with E-state index >= 15 is 0 Å². The Morgan fingerprint density at radius 3 is 2.88 bits per heavy atom. The molecule has 5 heteroatoms. The second-order valence-corrected chi connectivity index (χ2v) is 3.88. The second-order valence-electron chi connectivity index (χ2n) is 3.88. The van der Waals surface area contributed by atoms with Gasteiger partial charge in [0.15, 0.2) is 0 Å². The Kier molecular flexibility index (Phi) is 6.21. The van der Waals surface area contributed by atoms with E-state index in [1.165, 1.54) is 0 Å². The molecule has 17 heavy (non-hydrogen) atoms. The van der Waals surface area contributed by atoms with Gasteiger partial charge in [-0.3, -0.25) is 15.1 Å². The molecule has 1 aromatic rings. The van der Waals surface area contributed by atoms with Gasteiger partial charge in [-0.1, -0.05) is 12.5 Å². The molecule has 0 saturated heterocycles. The third-order valence-corrected chi connectivity index (χ3v) is 2.50. The molecule has 0 saturated carbocycles. The summed E-state index contributed by atoms with van der Waals surface area (Å²) < 4.78 is 0. The van der Waals surface area contributed by atoms with E-state index in [0.717, 1.165) is 18.5 Å². The van der Waals surface area contributed by atoms with E-state index in [0.29, 0.717) is 19.5 Å². The summed E-state index contributed by atoms with van der Waals surface area (Å²) in [6, 6.07) is 5.06. The van der Waals surface area contributed by atoms with Gasteiger partial charge in [0.2, 0.25) is 0 Å². The summed E-state index contributed by atoms with van der Waals surface area (Å²) in [5, 5.41) is 12.0. The van der Waals surface area contributed by atoms with Gasteiger partial charge in [-0.2, -0.15) is 0 Å². The zero-order valence-corrected chi connectivity index (χ0v) is 9.80. The number of unbranched alkanes of at least 4 members (excludes halogenated alkanes) is 1. The van der Waals surface area contributed by atoms with Crippen molar-refractivity contribution < 1.29 is 9.90 Å². The predicted octanol–water partition coefficient (Wildman–Crippen LogP) is 0.753. The number of carboxylic acid groups (broad SMARTS) is 1. The van der Waals surface area contributed by atoms with E-state index in [-0.39, 0.29) is 0 Å². The van der Waals surface area contributed by atoms with Crippen LogP contribution in [0.5, 0.6) is 0 Å². The molecular weight excluding hydrogens is 218 g/mol. The molecule has 0 amide bonds. The van der Waals surface area contributed by atoms with Crippen LogP contribution in [-0.2, 0) is 11.3 Å². The van der Waals surface area contributed by atoms with Crippen LogP contribution in [0.2, 0.25) is 0 Å². The van der Waals surface area contributed by atoms with E-state index in [2.05, 4.69) is 10.3 Å². The Balaban J connectivity index is 2.36. The topological polar surface area (TPSA) is 88.2 Å². The monoisotopic (exact) mass is 237 g/mol. The van der Waals surface area contributed by atoms with Gasteiger partial charge in [-0.05, 0) is 31.5 Å². The molecule has 1 rings (SSSR count). The fourth-order valence-corrected chi connectivity index (χ4v) is 1.54. The molecule has 94 valence electrons. The van der Waals surface area contributed by atoms with Crippen LogP contribution in [0.3, 0.4) is 0 Å². The fraction of sp³-hybridized carbons (Fsp3) is 0.500. The Bertz CT molecular complexity index is 330. The number of rotatable bonds is 8. The Morgan fingerprint density at radius 2 is 2.29 bits per heavy atom. The molecule has 1 aromatic heterocycles. The number of nitrogens with two attached hydrogens (primary N) is 1. The first kappa shape index (κ1) is 13.6. The van der Waals surface area contributed by atoms with Crippen molar-refractivity contribution >= 4 is 5.97 Å². The summed E-state index contributed by atoms with van der Waals surface area (Å²) in [6.45, 7) is 1.08. The molecule has 1 atom stereocenters. The minimum atomic E-state index is -0.821. The van der Waals surface area contributed by atoms with E-state index in [9.17, 15) is 4.79 Å². The third kappa shape index (κ3) is 5.42. The molecule has 0 bridgehead atoms. The molecule has 1 unspecified atom stereocenters. The highest BCUT2D eigenvalue weighted by Crippen LogP contribution is 2.02. The average molecular weight is 237 g/mol. The predicted molar refractivity (Wildman–Crippen MR) is 65.4 cm³/mol. The maximum atomic E-state index is 11.0. The Morgan fingerprint density at radius 1 is 1.47 bits per heavy atom. The van der Waals surface area contributed by atoms with E-state index in [1.54, 1.807) is 6.20 Å². The fourth-order valence-electron chi connectivity index (χ4n) is 1.54. The molecule has 0 aliphatic rings. The smallest absolute Gasteiger partial charge is 0.320 e. The van der Waals surface area contributed by atoms with Gasteiger partial charge in [-0.15, -0.1) is 0 Å². The van der Waals surface area contributed by atoms with Gasteiger partial charge in [0, 0.05) is 12.7 Å². The maximum Gasteiger partial charge on any atom is 0.320 e. The maximum absolute atomic E-state index is 11.0. The lowest BCUT2D eigenvalue weighted by Crippen LogP contribution is -2.36. The van der Waals surface area contributed by atoms with Gasteiger partial charge in [-0.25, -0.2) is 0 Å². The number of hydrogen-bond acceptors (Lipinski definition) is 4. The summed E-state index contributed by atoms with van der Waals surface area (Å²) in [5.41, 5.74) is 6.22. The summed E-state index contributed by atoms with van der Waals surface area (Å²) >= 11 is 0. The van der Waals surface area contributed by atoms with Gasteiger partial charge in [0.1, 0.15) is 6.04 Å². The highest BCUT2D eigenvalue weighted by atomic mass is 16.4. The van der Waals surface area contributed by atoms with Crippen LogP contribution < -0.4 is 11.1 Å². The Hall–Kier alpha value is -1.46. The zero-order valence-electron chi connectivity index (χ0n) is 9.80. The van der Waals surface area contributed by atoms with Crippen molar-refractivity contribution in [1.82, 2.24) is 10.3 Å². The Labute approximate surface area is 101 Å². The number of aliphatic carboxylic acids is 1. The molecule has 0 aliphatic carbocycles. The minimum absolute atomic E-state index is 0.473. The molecular formula is C12H19N3O2.